The van der Waals surface area contributed by atoms with Crippen molar-refractivity contribution < 1.29 is 13.2 Å². The number of rotatable bonds is 6. The molecule has 0 aliphatic carbocycles. The summed E-state index contributed by atoms with van der Waals surface area (Å²) in [5, 5.41) is 2.98. The zero-order chi connectivity index (χ0) is 14.5. The topological polar surface area (TPSA) is 50.9 Å². The van der Waals surface area contributed by atoms with Crippen LogP contribution in [0.3, 0.4) is 0 Å². The predicted molar refractivity (Wildman–Crippen MR) is 73.3 cm³/mol. The first-order valence-electron chi connectivity index (χ1n) is 5.87. The minimum atomic E-state index is -4.09. The number of aromatic nitrogens is 1. The van der Waals surface area contributed by atoms with Gasteiger partial charge in [-0.15, -0.1) is 0 Å². The van der Waals surface area contributed by atoms with Gasteiger partial charge in [0.2, 0.25) is 0 Å². The number of alkyl halides is 3. The third-order valence-electron chi connectivity index (χ3n) is 2.59. The summed E-state index contributed by atoms with van der Waals surface area (Å²) < 4.78 is 35.9. The minimum absolute atomic E-state index is 0.0880. The van der Waals surface area contributed by atoms with E-state index in [9.17, 15) is 13.2 Å². The molecule has 0 aromatic carbocycles. The second-order valence-corrected chi connectivity index (χ2v) is 4.65. The van der Waals surface area contributed by atoms with Gasteiger partial charge in [-0.3, -0.25) is 0 Å². The Morgan fingerprint density at radius 3 is 2.68 bits per heavy atom. The van der Waals surface area contributed by atoms with Gasteiger partial charge >= 0.3 is 6.18 Å². The fraction of sp³-hybridized carbons (Fsp3) is 0.500. The highest BCUT2D eigenvalue weighted by molar-refractivity contribution is 7.80. The predicted octanol–water partition coefficient (Wildman–Crippen LogP) is 3.17. The molecule has 0 saturated carbocycles. The fourth-order valence-corrected chi connectivity index (χ4v) is 1.92. The van der Waals surface area contributed by atoms with Crippen LogP contribution in [0, 0.1) is 6.92 Å². The summed E-state index contributed by atoms with van der Waals surface area (Å²) in [6.45, 7) is 2.26. The quantitative estimate of drug-likeness (QED) is 0.624. The lowest BCUT2D eigenvalue weighted by Crippen LogP contribution is -2.17. The Bertz CT molecular complexity index is 446. The number of anilines is 1. The normalized spacial score (nSPS) is 11.4. The van der Waals surface area contributed by atoms with Gasteiger partial charge in [0, 0.05) is 19.2 Å². The summed E-state index contributed by atoms with van der Waals surface area (Å²) in [4.78, 5) is 4.33. The van der Waals surface area contributed by atoms with E-state index in [2.05, 4.69) is 10.3 Å². The summed E-state index contributed by atoms with van der Waals surface area (Å²) in [6.07, 6.45) is -2.75. The molecule has 106 valence electrons. The van der Waals surface area contributed by atoms with Gasteiger partial charge in [0.1, 0.15) is 10.8 Å². The number of pyridine rings is 1. The third-order valence-corrected chi connectivity index (χ3v) is 2.79. The van der Waals surface area contributed by atoms with Crippen LogP contribution >= 0.6 is 12.2 Å². The Labute approximate surface area is 115 Å². The first kappa shape index (κ1) is 15.7. The number of aryl methyl sites for hydroxylation is 1. The van der Waals surface area contributed by atoms with Crippen LogP contribution in [0.25, 0.3) is 0 Å². The van der Waals surface area contributed by atoms with Gasteiger partial charge in [-0.25, -0.2) is 4.98 Å². The molecule has 0 aliphatic rings. The molecule has 1 heterocycles. The first-order valence-corrected chi connectivity index (χ1v) is 6.28. The van der Waals surface area contributed by atoms with E-state index >= 15 is 0 Å². The van der Waals surface area contributed by atoms with Gasteiger partial charge in [-0.1, -0.05) is 12.2 Å². The van der Waals surface area contributed by atoms with Gasteiger partial charge < -0.3 is 11.1 Å². The zero-order valence-electron chi connectivity index (χ0n) is 10.5. The second-order valence-electron chi connectivity index (χ2n) is 4.21. The van der Waals surface area contributed by atoms with E-state index in [4.69, 9.17) is 18.0 Å². The summed E-state index contributed by atoms with van der Waals surface area (Å²) in [5.41, 5.74) is 7.14. The number of halogens is 3. The molecule has 7 heteroatoms. The Hall–Kier alpha value is -1.37. The maximum atomic E-state index is 12.0. The van der Waals surface area contributed by atoms with E-state index in [1.807, 2.05) is 6.92 Å². The average molecular weight is 291 g/mol. The Morgan fingerprint density at radius 1 is 1.42 bits per heavy atom. The number of hydrogen-bond acceptors (Lipinski definition) is 3. The molecule has 0 atom stereocenters. The van der Waals surface area contributed by atoms with Gasteiger partial charge in [0.05, 0.1) is 5.56 Å². The smallest absolute Gasteiger partial charge is 0.389 e. The van der Waals surface area contributed by atoms with E-state index in [1.54, 1.807) is 12.3 Å². The van der Waals surface area contributed by atoms with Crippen LogP contribution in [0.4, 0.5) is 19.0 Å². The monoisotopic (exact) mass is 291 g/mol. The molecule has 0 radical (unpaired) electrons. The minimum Gasteiger partial charge on any atom is -0.389 e. The van der Waals surface area contributed by atoms with Crippen LogP contribution < -0.4 is 11.1 Å². The van der Waals surface area contributed by atoms with Crippen molar-refractivity contribution in [3.8, 4) is 0 Å². The lowest BCUT2D eigenvalue weighted by molar-refractivity contribution is -0.135. The molecule has 0 saturated heterocycles. The van der Waals surface area contributed by atoms with Crippen molar-refractivity contribution in [2.24, 2.45) is 5.73 Å². The summed E-state index contributed by atoms with van der Waals surface area (Å²) in [7, 11) is 0. The molecule has 1 rings (SSSR count). The van der Waals surface area contributed by atoms with Crippen molar-refractivity contribution in [2.75, 3.05) is 11.9 Å². The maximum Gasteiger partial charge on any atom is 0.389 e. The van der Waals surface area contributed by atoms with Crippen LogP contribution in [-0.2, 0) is 0 Å². The molecule has 3 N–H and O–H groups in total. The van der Waals surface area contributed by atoms with Crippen molar-refractivity contribution in [3.05, 3.63) is 23.4 Å². The highest BCUT2D eigenvalue weighted by Crippen LogP contribution is 2.22. The lowest BCUT2D eigenvalue weighted by atomic mass is 10.1. The van der Waals surface area contributed by atoms with Crippen molar-refractivity contribution in [2.45, 2.75) is 32.4 Å². The Morgan fingerprint density at radius 2 is 2.11 bits per heavy atom. The van der Waals surface area contributed by atoms with Crippen LogP contribution in [0.1, 0.15) is 30.4 Å². The van der Waals surface area contributed by atoms with E-state index in [0.717, 1.165) is 5.56 Å². The molecule has 0 spiro atoms. The lowest BCUT2D eigenvalue weighted by Gasteiger charge is -2.12. The van der Waals surface area contributed by atoms with Crippen molar-refractivity contribution in [1.29, 1.82) is 0 Å². The number of unbranched alkanes of at least 4 members (excludes halogenated alkanes) is 1. The van der Waals surface area contributed by atoms with Crippen LogP contribution in [0.15, 0.2) is 12.3 Å². The van der Waals surface area contributed by atoms with Gasteiger partial charge in [0.15, 0.2) is 0 Å². The summed E-state index contributed by atoms with van der Waals surface area (Å²) in [5.74, 6) is 0.527. The first-order chi connectivity index (χ1) is 8.81. The number of nitrogens with two attached hydrogens (primary N) is 1. The number of nitrogens with zero attached hydrogens (tertiary/aromatic N) is 1. The van der Waals surface area contributed by atoms with Crippen molar-refractivity contribution >= 4 is 23.0 Å². The molecule has 1 aromatic heterocycles. The van der Waals surface area contributed by atoms with Gasteiger partial charge in [-0.2, -0.15) is 13.2 Å². The highest BCUT2D eigenvalue weighted by atomic mass is 32.1. The molecule has 1 aromatic rings. The number of thiocarbonyl (C=S) groups is 1. The van der Waals surface area contributed by atoms with Crippen molar-refractivity contribution in [1.82, 2.24) is 4.98 Å². The molecule has 0 fully saturated rings. The van der Waals surface area contributed by atoms with Crippen LogP contribution in [0.2, 0.25) is 0 Å². The zero-order valence-corrected chi connectivity index (χ0v) is 11.4. The van der Waals surface area contributed by atoms with Gasteiger partial charge in [0.25, 0.3) is 0 Å². The van der Waals surface area contributed by atoms with E-state index in [0.29, 0.717) is 24.3 Å². The van der Waals surface area contributed by atoms with Crippen LogP contribution in [-0.4, -0.2) is 22.7 Å². The highest BCUT2D eigenvalue weighted by Gasteiger charge is 2.25. The van der Waals surface area contributed by atoms with Crippen molar-refractivity contribution in [3.63, 3.8) is 0 Å². The fourth-order valence-electron chi connectivity index (χ4n) is 1.66. The van der Waals surface area contributed by atoms with E-state index in [-0.39, 0.29) is 11.4 Å². The molecule has 0 unspecified atom stereocenters. The van der Waals surface area contributed by atoms with Crippen LogP contribution in [0.5, 0.6) is 0 Å². The largest absolute Gasteiger partial charge is 0.389 e. The molecular formula is C12H16F3N3S. The third kappa shape index (κ3) is 5.42. The Kier molecular flexibility index (Phi) is 5.53. The molecule has 19 heavy (non-hydrogen) atoms. The molecule has 0 aliphatic heterocycles. The molecular weight excluding hydrogens is 275 g/mol. The molecule has 0 bridgehead atoms. The Balaban J connectivity index is 2.50. The number of nitrogens with one attached hydrogen (secondary N) is 1. The van der Waals surface area contributed by atoms with Gasteiger partial charge in [-0.05, 0) is 31.4 Å². The number of hydrogen-bond donors (Lipinski definition) is 2. The second kappa shape index (κ2) is 6.70. The average Bonchev–Trinajstić information content (AvgIpc) is 2.26. The summed E-state index contributed by atoms with van der Waals surface area (Å²) in [6, 6.07) is 1.78. The summed E-state index contributed by atoms with van der Waals surface area (Å²) >= 11 is 4.94. The SMILES string of the molecule is Cc1ccnc(NCCCCC(F)(F)F)c1C(N)=S. The molecule has 3 nitrogen and oxygen atoms in total. The standard InChI is InChI=1S/C12H16F3N3S/c1-8-4-7-18-11(9(8)10(16)19)17-6-3-2-5-12(13,14)15/h4,7H,2-3,5-6H2,1H3,(H2,16,19)(H,17,18). The molecule has 0 amide bonds. The van der Waals surface area contributed by atoms with E-state index < -0.39 is 12.6 Å². The maximum absolute atomic E-state index is 12.0. The van der Waals surface area contributed by atoms with E-state index in [1.165, 1.54) is 0 Å².